The predicted molar refractivity (Wildman–Crippen MR) is 85.9 cm³/mol. The van der Waals surface area contributed by atoms with E-state index in [0.29, 0.717) is 18.4 Å². The fourth-order valence-corrected chi connectivity index (χ4v) is 2.35. The first-order valence-corrected chi connectivity index (χ1v) is 7.09. The number of aromatic hydroxyl groups is 2. The number of rotatable bonds is 6. The molecule has 116 valence electrons. The molecule has 0 aliphatic carbocycles. The van der Waals surface area contributed by atoms with Crippen molar-refractivity contribution in [2.24, 2.45) is 0 Å². The molecule has 2 rings (SSSR count). The van der Waals surface area contributed by atoms with E-state index in [-0.39, 0.29) is 18.1 Å². The first-order chi connectivity index (χ1) is 10.5. The van der Waals surface area contributed by atoms with Gasteiger partial charge in [-0.05, 0) is 47.4 Å². The van der Waals surface area contributed by atoms with Crippen molar-refractivity contribution >= 4 is 0 Å². The first kappa shape index (κ1) is 16.1. The van der Waals surface area contributed by atoms with Crippen LogP contribution in [0.15, 0.2) is 49.1 Å². The zero-order valence-electron chi connectivity index (χ0n) is 12.2. The molecule has 4 heteroatoms. The molecular formula is C18H20O4. The number of hydrogen-bond donors (Lipinski definition) is 4. The lowest BCUT2D eigenvalue weighted by Crippen LogP contribution is -2.14. The summed E-state index contributed by atoms with van der Waals surface area (Å²) in [7, 11) is 0. The Hall–Kier alpha value is -2.30. The van der Waals surface area contributed by atoms with E-state index in [0.717, 1.165) is 16.7 Å². The Bertz CT molecular complexity index is 664. The van der Waals surface area contributed by atoms with Crippen LogP contribution in [0, 0.1) is 0 Å². The number of phenols is 2. The topological polar surface area (TPSA) is 80.9 Å². The van der Waals surface area contributed by atoms with Gasteiger partial charge in [0.15, 0.2) is 0 Å². The summed E-state index contributed by atoms with van der Waals surface area (Å²) in [6, 6.07) is 10.2. The largest absolute Gasteiger partial charge is 0.508 e. The quantitative estimate of drug-likeness (QED) is 0.618. The Kier molecular flexibility index (Phi) is 5.20. The van der Waals surface area contributed by atoms with Crippen LogP contribution in [0.5, 0.6) is 11.5 Å². The second kappa shape index (κ2) is 7.11. The third kappa shape index (κ3) is 3.67. The minimum absolute atomic E-state index is 0.123. The summed E-state index contributed by atoms with van der Waals surface area (Å²) in [5.74, 6) is 0.312. The van der Waals surface area contributed by atoms with Crippen molar-refractivity contribution in [3.05, 3.63) is 60.2 Å². The molecule has 0 aromatic heterocycles. The van der Waals surface area contributed by atoms with Gasteiger partial charge in [0.25, 0.3) is 0 Å². The van der Waals surface area contributed by atoms with Crippen molar-refractivity contribution in [3.8, 4) is 22.6 Å². The monoisotopic (exact) mass is 300 g/mol. The minimum Gasteiger partial charge on any atom is -0.508 e. The van der Waals surface area contributed by atoms with Gasteiger partial charge >= 0.3 is 0 Å². The standard InChI is InChI=1S/C18H20O4/c1-2-3-14-10-13(5-7-17(14)21)16-9-12(4-6-18(16)22)8-15(20)11-19/h2,4-7,9-10,15,19-22H,1,3,8,11H2. The molecule has 0 aliphatic rings. The molecule has 1 atom stereocenters. The van der Waals surface area contributed by atoms with Crippen molar-refractivity contribution in [2.45, 2.75) is 18.9 Å². The minimum atomic E-state index is -0.825. The zero-order chi connectivity index (χ0) is 16.1. The number of phenolic OH excluding ortho intramolecular Hbond substituents is 2. The summed E-state index contributed by atoms with van der Waals surface area (Å²) >= 11 is 0. The maximum atomic E-state index is 10.1. The Balaban J connectivity index is 2.40. The van der Waals surface area contributed by atoms with Gasteiger partial charge in [0.2, 0.25) is 0 Å². The van der Waals surface area contributed by atoms with E-state index in [1.54, 1.807) is 42.5 Å². The summed E-state index contributed by atoms with van der Waals surface area (Å²) in [6.07, 6.45) is 1.71. The second-order valence-corrected chi connectivity index (χ2v) is 5.23. The highest BCUT2D eigenvalue weighted by molar-refractivity contribution is 5.72. The van der Waals surface area contributed by atoms with Crippen LogP contribution in [-0.2, 0) is 12.8 Å². The smallest absolute Gasteiger partial charge is 0.123 e. The molecular weight excluding hydrogens is 280 g/mol. The number of benzene rings is 2. The number of hydrogen-bond acceptors (Lipinski definition) is 4. The summed E-state index contributed by atoms with van der Waals surface area (Å²) in [6.45, 7) is 3.35. The van der Waals surface area contributed by atoms with E-state index in [1.165, 1.54) is 0 Å². The van der Waals surface area contributed by atoms with Crippen molar-refractivity contribution in [2.75, 3.05) is 6.61 Å². The molecule has 0 aliphatic heterocycles. The van der Waals surface area contributed by atoms with Crippen LogP contribution in [0.3, 0.4) is 0 Å². The third-order valence-electron chi connectivity index (χ3n) is 3.50. The normalized spacial score (nSPS) is 12.1. The molecule has 0 bridgehead atoms. The average molecular weight is 300 g/mol. The highest BCUT2D eigenvalue weighted by Crippen LogP contribution is 2.33. The Morgan fingerprint density at radius 3 is 2.45 bits per heavy atom. The van der Waals surface area contributed by atoms with E-state index in [4.69, 9.17) is 5.11 Å². The third-order valence-corrected chi connectivity index (χ3v) is 3.50. The van der Waals surface area contributed by atoms with Crippen molar-refractivity contribution < 1.29 is 20.4 Å². The van der Waals surface area contributed by atoms with Crippen LogP contribution in [0.1, 0.15) is 11.1 Å². The van der Waals surface area contributed by atoms with Crippen LogP contribution >= 0.6 is 0 Å². The first-order valence-electron chi connectivity index (χ1n) is 7.09. The Morgan fingerprint density at radius 1 is 1.05 bits per heavy atom. The molecule has 4 nitrogen and oxygen atoms in total. The maximum Gasteiger partial charge on any atom is 0.123 e. The van der Waals surface area contributed by atoms with E-state index in [2.05, 4.69) is 6.58 Å². The summed E-state index contributed by atoms with van der Waals surface area (Å²) < 4.78 is 0. The molecule has 0 saturated carbocycles. The van der Waals surface area contributed by atoms with Crippen molar-refractivity contribution in [1.29, 1.82) is 0 Å². The zero-order valence-corrected chi connectivity index (χ0v) is 12.2. The van der Waals surface area contributed by atoms with Gasteiger partial charge in [-0.2, -0.15) is 0 Å². The average Bonchev–Trinajstić information content (AvgIpc) is 2.51. The van der Waals surface area contributed by atoms with Crippen LogP contribution in [0.2, 0.25) is 0 Å². The molecule has 2 aromatic carbocycles. The van der Waals surface area contributed by atoms with Gasteiger partial charge < -0.3 is 20.4 Å². The maximum absolute atomic E-state index is 10.1. The van der Waals surface area contributed by atoms with Crippen molar-refractivity contribution in [1.82, 2.24) is 0 Å². The van der Waals surface area contributed by atoms with Crippen LogP contribution in [0.4, 0.5) is 0 Å². The lowest BCUT2D eigenvalue weighted by molar-refractivity contribution is 0.0955. The van der Waals surface area contributed by atoms with Crippen LogP contribution < -0.4 is 0 Å². The molecule has 0 spiro atoms. The van der Waals surface area contributed by atoms with Crippen molar-refractivity contribution in [3.63, 3.8) is 0 Å². The highest BCUT2D eigenvalue weighted by atomic mass is 16.3. The van der Waals surface area contributed by atoms with Gasteiger partial charge in [-0.25, -0.2) is 0 Å². The Labute approximate surface area is 129 Å². The molecule has 0 fully saturated rings. The molecule has 0 amide bonds. The van der Waals surface area contributed by atoms with E-state index in [9.17, 15) is 15.3 Å². The van der Waals surface area contributed by atoms with Gasteiger partial charge in [0.05, 0.1) is 12.7 Å². The SMILES string of the molecule is C=CCc1cc(-c2cc(CC(O)CO)ccc2O)ccc1O. The van der Waals surface area contributed by atoms with E-state index in [1.807, 2.05) is 0 Å². The number of aliphatic hydroxyl groups is 2. The van der Waals surface area contributed by atoms with Crippen LogP contribution in [0.25, 0.3) is 11.1 Å². The Morgan fingerprint density at radius 2 is 1.77 bits per heavy atom. The summed E-state index contributed by atoms with van der Waals surface area (Å²) in [4.78, 5) is 0. The summed E-state index contributed by atoms with van der Waals surface area (Å²) in [5, 5.41) is 38.4. The summed E-state index contributed by atoms with van der Waals surface area (Å²) in [5.41, 5.74) is 2.93. The van der Waals surface area contributed by atoms with E-state index < -0.39 is 6.10 Å². The van der Waals surface area contributed by atoms with Gasteiger partial charge in [-0.1, -0.05) is 18.2 Å². The predicted octanol–water partition coefficient (Wildman–Crippen LogP) is 2.39. The van der Waals surface area contributed by atoms with E-state index >= 15 is 0 Å². The lowest BCUT2D eigenvalue weighted by Gasteiger charge is -2.12. The molecule has 0 saturated heterocycles. The molecule has 0 radical (unpaired) electrons. The fourth-order valence-electron chi connectivity index (χ4n) is 2.35. The van der Waals surface area contributed by atoms with Crippen LogP contribution in [-0.4, -0.2) is 33.1 Å². The second-order valence-electron chi connectivity index (χ2n) is 5.23. The molecule has 22 heavy (non-hydrogen) atoms. The number of allylic oxidation sites excluding steroid dienone is 1. The van der Waals surface area contributed by atoms with Gasteiger partial charge in [-0.3, -0.25) is 0 Å². The van der Waals surface area contributed by atoms with Gasteiger partial charge in [0, 0.05) is 12.0 Å². The lowest BCUT2D eigenvalue weighted by atomic mass is 9.97. The number of aliphatic hydroxyl groups excluding tert-OH is 2. The fraction of sp³-hybridized carbons (Fsp3) is 0.222. The highest BCUT2D eigenvalue weighted by Gasteiger charge is 2.10. The molecule has 4 N–H and O–H groups in total. The van der Waals surface area contributed by atoms with Gasteiger partial charge in [-0.15, -0.1) is 6.58 Å². The molecule has 0 heterocycles. The van der Waals surface area contributed by atoms with Gasteiger partial charge in [0.1, 0.15) is 11.5 Å². The molecule has 2 aromatic rings. The molecule has 1 unspecified atom stereocenters.